The molecule has 0 aliphatic carbocycles. The van der Waals surface area contributed by atoms with Crippen molar-refractivity contribution in [3.05, 3.63) is 0 Å². The normalized spacial score (nSPS) is 10.8. The Hall–Kier alpha value is -1.63. The van der Waals surface area contributed by atoms with Gasteiger partial charge < -0.3 is 11.5 Å². The standard InChI is InChI=1S/C11H23N7/c1-3-5-7-18(8-6-4-2)17-11-15-9(12)14-10(13)16-11/h3-8H2,1-2H3,(H5,12,13,14,15,16,17). The molecule has 18 heavy (non-hydrogen) atoms. The number of hydrogen-bond donors (Lipinski definition) is 3. The molecular formula is C11H23N7. The summed E-state index contributed by atoms with van der Waals surface area (Å²) in [4.78, 5) is 11.8. The van der Waals surface area contributed by atoms with Crippen LogP contribution in [0.15, 0.2) is 0 Å². The van der Waals surface area contributed by atoms with E-state index in [9.17, 15) is 0 Å². The first-order valence-corrected chi connectivity index (χ1v) is 6.44. The van der Waals surface area contributed by atoms with E-state index in [-0.39, 0.29) is 11.9 Å². The van der Waals surface area contributed by atoms with Gasteiger partial charge in [0.25, 0.3) is 0 Å². The van der Waals surface area contributed by atoms with Gasteiger partial charge in [-0.1, -0.05) is 26.7 Å². The number of aromatic nitrogens is 3. The van der Waals surface area contributed by atoms with Gasteiger partial charge >= 0.3 is 0 Å². The second-order valence-corrected chi connectivity index (χ2v) is 4.18. The number of nitrogens with zero attached hydrogens (tertiary/aromatic N) is 4. The van der Waals surface area contributed by atoms with Gasteiger partial charge in [0.1, 0.15) is 0 Å². The van der Waals surface area contributed by atoms with Crippen LogP contribution in [0, 0.1) is 0 Å². The van der Waals surface area contributed by atoms with Gasteiger partial charge in [0, 0.05) is 13.1 Å². The van der Waals surface area contributed by atoms with Gasteiger partial charge in [0.05, 0.1) is 0 Å². The summed E-state index contributed by atoms with van der Waals surface area (Å²) in [5.41, 5.74) is 14.2. The van der Waals surface area contributed by atoms with Crippen molar-refractivity contribution >= 4 is 17.8 Å². The van der Waals surface area contributed by atoms with Crippen molar-refractivity contribution in [2.75, 3.05) is 30.0 Å². The van der Waals surface area contributed by atoms with E-state index in [1.807, 2.05) is 0 Å². The molecule has 0 aliphatic rings. The molecule has 0 aliphatic heterocycles. The zero-order valence-corrected chi connectivity index (χ0v) is 11.2. The molecule has 0 atom stereocenters. The van der Waals surface area contributed by atoms with Gasteiger partial charge in [0.15, 0.2) is 0 Å². The molecule has 0 saturated carbocycles. The molecule has 5 N–H and O–H groups in total. The molecule has 0 saturated heterocycles. The average molecular weight is 253 g/mol. The molecule has 102 valence electrons. The lowest BCUT2D eigenvalue weighted by Crippen LogP contribution is -2.33. The van der Waals surface area contributed by atoms with E-state index in [1.165, 1.54) is 0 Å². The van der Waals surface area contributed by atoms with E-state index >= 15 is 0 Å². The summed E-state index contributed by atoms with van der Waals surface area (Å²) in [5.74, 6) is 0.680. The summed E-state index contributed by atoms with van der Waals surface area (Å²) in [6.07, 6.45) is 4.52. The molecule has 1 rings (SSSR count). The van der Waals surface area contributed by atoms with E-state index in [0.29, 0.717) is 5.95 Å². The molecular weight excluding hydrogens is 230 g/mol. The second kappa shape index (κ2) is 7.65. The van der Waals surface area contributed by atoms with Crippen molar-refractivity contribution in [2.24, 2.45) is 0 Å². The van der Waals surface area contributed by atoms with Crippen LogP contribution in [0.1, 0.15) is 39.5 Å². The highest BCUT2D eigenvalue weighted by molar-refractivity contribution is 5.36. The first-order valence-electron chi connectivity index (χ1n) is 6.44. The summed E-state index contributed by atoms with van der Waals surface area (Å²) in [5, 5.41) is 2.10. The monoisotopic (exact) mass is 253 g/mol. The van der Waals surface area contributed by atoms with Crippen LogP contribution in [0.25, 0.3) is 0 Å². The molecule has 1 heterocycles. The van der Waals surface area contributed by atoms with Crippen molar-refractivity contribution in [2.45, 2.75) is 39.5 Å². The van der Waals surface area contributed by atoms with Gasteiger partial charge in [-0.2, -0.15) is 15.0 Å². The van der Waals surface area contributed by atoms with Gasteiger partial charge in [-0.05, 0) is 12.8 Å². The molecule has 7 heteroatoms. The Balaban J connectivity index is 2.62. The Morgan fingerprint density at radius 3 is 1.89 bits per heavy atom. The predicted octanol–water partition coefficient (Wildman–Crippen LogP) is 1.27. The molecule has 7 nitrogen and oxygen atoms in total. The molecule has 0 radical (unpaired) electrons. The number of unbranched alkanes of at least 4 members (excludes halogenated alkanes) is 2. The topological polar surface area (TPSA) is 106 Å². The predicted molar refractivity (Wildman–Crippen MR) is 73.7 cm³/mol. The maximum atomic E-state index is 5.53. The summed E-state index contributed by atoms with van der Waals surface area (Å²) >= 11 is 0. The van der Waals surface area contributed by atoms with Crippen LogP contribution in [0.4, 0.5) is 17.8 Å². The number of rotatable bonds is 8. The van der Waals surface area contributed by atoms with E-state index in [0.717, 1.165) is 38.8 Å². The number of nitrogens with two attached hydrogens (primary N) is 2. The number of nitrogen functional groups attached to an aromatic ring is 2. The van der Waals surface area contributed by atoms with Crippen LogP contribution in [-0.2, 0) is 0 Å². The van der Waals surface area contributed by atoms with Crippen LogP contribution in [-0.4, -0.2) is 33.1 Å². The first-order chi connectivity index (χ1) is 8.65. The SMILES string of the molecule is CCCCN(CCCC)Nc1nc(N)nc(N)n1. The van der Waals surface area contributed by atoms with Crippen molar-refractivity contribution in [1.29, 1.82) is 0 Å². The molecule has 1 aromatic rings. The number of nitrogens with one attached hydrogen (secondary N) is 1. The lowest BCUT2D eigenvalue weighted by Gasteiger charge is -2.22. The Morgan fingerprint density at radius 2 is 1.44 bits per heavy atom. The average Bonchev–Trinajstić information content (AvgIpc) is 2.31. The minimum Gasteiger partial charge on any atom is -0.368 e. The maximum Gasteiger partial charge on any atom is 0.244 e. The fourth-order valence-corrected chi connectivity index (χ4v) is 1.52. The highest BCUT2D eigenvalue weighted by atomic mass is 15.5. The Morgan fingerprint density at radius 1 is 0.944 bits per heavy atom. The van der Waals surface area contributed by atoms with Crippen LogP contribution in [0.2, 0.25) is 0 Å². The number of hydrazine groups is 1. The lowest BCUT2D eigenvalue weighted by atomic mass is 10.3. The minimum absolute atomic E-state index is 0.135. The van der Waals surface area contributed by atoms with Crippen molar-refractivity contribution in [3.63, 3.8) is 0 Å². The van der Waals surface area contributed by atoms with Crippen LogP contribution in [0.5, 0.6) is 0 Å². The molecule has 0 amide bonds. The third-order valence-corrected chi connectivity index (χ3v) is 2.49. The van der Waals surface area contributed by atoms with Gasteiger partial charge in [-0.3, -0.25) is 5.43 Å². The van der Waals surface area contributed by atoms with Gasteiger partial charge in [0.2, 0.25) is 17.8 Å². The van der Waals surface area contributed by atoms with Crippen molar-refractivity contribution < 1.29 is 0 Å². The summed E-state index contributed by atoms with van der Waals surface area (Å²) < 4.78 is 0. The van der Waals surface area contributed by atoms with Gasteiger partial charge in [-0.25, -0.2) is 5.01 Å². The van der Waals surface area contributed by atoms with Crippen molar-refractivity contribution in [3.8, 4) is 0 Å². The third kappa shape index (κ3) is 5.13. The number of anilines is 3. The molecule has 0 unspecified atom stereocenters. The summed E-state index contributed by atoms with van der Waals surface area (Å²) in [6, 6.07) is 0. The van der Waals surface area contributed by atoms with Crippen LogP contribution < -0.4 is 16.9 Å². The zero-order chi connectivity index (χ0) is 13.4. The van der Waals surface area contributed by atoms with Crippen molar-refractivity contribution in [1.82, 2.24) is 20.0 Å². The Bertz CT molecular complexity index is 327. The maximum absolute atomic E-state index is 5.53. The fraction of sp³-hybridized carbons (Fsp3) is 0.727. The second-order valence-electron chi connectivity index (χ2n) is 4.18. The zero-order valence-electron chi connectivity index (χ0n) is 11.2. The number of hydrogen-bond acceptors (Lipinski definition) is 7. The Kier molecular flexibility index (Phi) is 6.13. The molecule has 0 fully saturated rings. The Labute approximate surface area is 108 Å². The smallest absolute Gasteiger partial charge is 0.244 e. The molecule has 0 spiro atoms. The third-order valence-electron chi connectivity index (χ3n) is 2.49. The highest BCUT2D eigenvalue weighted by Gasteiger charge is 2.07. The van der Waals surface area contributed by atoms with E-state index in [4.69, 9.17) is 11.5 Å². The van der Waals surface area contributed by atoms with Gasteiger partial charge in [-0.15, -0.1) is 0 Å². The molecule has 0 bridgehead atoms. The quantitative estimate of drug-likeness (QED) is 0.599. The van der Waals surface area contributed by atoms with E-state index in [1.54, 1.807) is 0 Å². The van der Waals surface area contributed by atoms with Crippen LogP contribution in [0.3, 0.4) is 0 Å². The largest absolute Gasteiger partial charge is 0.368 e. The van der Waals surface area contributed by atoms with E-state index in [2.05, 4.69) is 39.2 Å². The first kappa shape index (κ1) is 14.4. The van der Waals surface area contributed by atoms with E-state index < -0.39 is 0 Å². The summed E-state index contributed by atoms with van der Waals surface area (Å²) in [6.45, 7) is 6.22. The molecule has 0 aromatic carbocycles. The fourth-order valence-electron chi connectivity index (χ4n) is 1.52. The lowest BCUT2D eigenvalue weighted by molar-refractivity contribution is 0.314. The summed E-state index contributed by atoms with van der Waals surface area (Å²) in [7, 11) is 0. The highest BCUT2D eigenvalue weighted by Crippen LogP contribution is 2.06. The van der Waals surface area contributed by atoms with Crippen LogP contribution >= 0.6 is 0 Å². The minimum atomic E-state index is 0.135. The molecule has 1 aromatic heterocycles.